The number of anilines is 1. The van der Waals surface area contributed by atoms with Crippen LogP contribution < -0.4 is 10.6 Å². The summed E-state index contributed by atoms with van der Waals surface area (Å²) in [5.74, 6) is -1.20. The first-order valence-corrected chi connectivity index (χ1v) is 11.2. The molecule has 2 heterocycles. The predicted octanol–water partition coefficient (Wildman–Crippen LogP) is 2.25. The molecule has 4 rings (SSSR count). The molecular formula is C23H25BrN4O3. The highest BCUT2D eigenvalue weighted by atomic mass is 79.9. The van der Waals surface area contributed by atoms with Crippen molar-refractivity contribution in [3.8, 4) is 0 Å². The average molecular weight is 485 g/mol. The maximum Gasteiger partial charge on any atom is 0.248 e. The maximum absolute atomic E-state index is 13.0. The molecule has 7 nitrogen and oxygen atoms in total. The lowest BCUT2D eigenvalue weighted by atomic mass is 10.1. The monoisotopic (exact) mass is 484 g/mol. The smallest absolute Gasteiger partial charge is 0.248 e. The fourth-order valence-corrected chi connectivity index (χ4v) is 4.58. The molecule has 2 N–H and O–H groups in total. The number of primary amides is 1. The fraction of sp³-hybridized carbons (Fsp3) is 0.348. The van der Waals surface area contributed by atoms with Crippen LogP contribution in [0.3, 0.4) is 0 Å². The van der Waals surface area contributed by atoms with Crippen molar-refractivity contribution in [2.24, 2.45) is 11.7 Å². The van der Waals surface area contributed by atoms with Crippen molar-refractivity contribution in [1.29, 1.82) is 0 Å². The van der Waals surface area contributed by atoms with E-state index in [1.54, 1.807) is 17.0 Å². The SMILES string of the molecule is NC(=O)c1ccc(CN2CCN(C(=O)C3CCN(c4cccc(Br)c4)C3=O)CC2)cc1. The zero-order valence-electron chi connectivity index (χ0n) is 17.2. The van der Waals surface area contributed by atoms with Gasteiger partial charge in [-0.05, 0) is 42.3 Å². The fourth-order valence-electron chi connectivity index (χ4n) is 4.19. The molecule has 2 saturated heterocycles. The van der Waals surface area contributed by atoms with Gasteiger partial charge in [-0.2, -0.15) is 0 Å². The summed E-state index contributed by atoms with van der Waals surface area (Å²) in [5.41, 5.74) is 7.70. The number of benzene rings is 2. The number of rotatable bonds is 5. The van der Waals surface area contributed by atoms with Crippen molar-refractivity contribution in [3.63, 3.8) is 0 Å². The molecule has 0 aromatic heterocycles. The van der Waals surface area contributed by atoms with Crippen molar-refractivity contribution in [1.82, 2.24) is 9.80 Å². The van der Waals surface area contributed by atoms with Gasteiger partial charge in [0, 0.05) is 55.0 Å². The number of halogens is 1. The summed E-state index contributed by atoms with van der Waals surface area (Å²) in [4.78, 5) is 42.9. The standard InChI is InChI=1S/C23H25BrN4O3/c24-18-2-1-3-19(14-18)28-9-8-20(23(28)31)22(30)27-12-10-26(11-13-27)15-16-4-6-17(7-5-16)21(25)29/h1-7,14,20H,8-13,15H2,(H2,25,29). The summed E-state index contributed by atoms with van der Waals surface area (Å²) in [6.07, 6.45) is 0.552. The van der Waals surface area contributed by atoms with Gasteiger partial charge in [0.2, 0.25) is 17.7 Å². The molecule has 1 atom stereocenters. The van der Waals surface area contributed by atoms with Crippen LogP contribution in [0.1, 0.15) is 22.3 Å². The molecule has 8 heteroatoms. The van der Waals surface area contributed by atoms with E-state index in [1.165, 1.54) is 0 Å². The number of nitrogens with two attached hydrogens (primary N) is 1. The third-order valence-corrected chi connectivity index (χ3v) is 6.45. The van der Waals surface area contributed by atoms with Crippen LogP contribution in [0, 0.1) is 5.92 Å². The number of amides is 3. The Morgan fingerprint density at radius 1 is 1.00 bits per heavy atom. The zero-order chi connectivity index (χ0) is 22.0. The first kappa shape index (κ1) is 21.5. The van der Waals surface area contributed by atoms with Crippen LogP contribution in [0.25, 0.3) is 0 Å². The predicted molar refractivity (Wildman–Crippen MR) is 121 cm³/mol. The molecule has 0 radical (unpaired) electrons. The average Bonchev–Trinajstić information content (AvgIpc) is 3.15. The highest BCUT2D eigenvalue weighted by Gasteiger charge is 2.40. The van der Waals surface area contributed by atoms with E-state index in [2.05, 4.69) is 20.8 Å². The Labute approximate surface area is 189 Å². The van der Waals surface area contributed by atoms with Gasteiger partial charge in [0.25, 0.3) is 0 Å². The molecule has 2 aliphatic heterocycles. The van der Waals surface area contributed by atoms with Crippen LogP contribution in [0.4, 0.5) is 5.69 Å². The van der Waals surface area contributed by atoms with Crippen molar-refractivity contribution in [3.05, 3.63) is 64.1 Å². The van der Waals surface area contributed by atoms with E-state index in [-0.39, 0.29) is 11.8 Å². The first-order chi connectivity index (χ1) is 14.9. The number of carbonyl (C=O) groups excluding carboxylic acids is 3. The molecule has 31 heavy (non-hydrogen) atoms. The number of hydrogen-bond donors (Lipinski definition) is 1. The van der Waals surface area contributed by atoms with E-state index in [9.17, 15) is 14.4 Å². The molecule has 0 saturated carbocycles. The Bertz CT molecular complexity index is 987. The Kier molecular flexibility index (Phi) is 6.38. The molecular weight excluding hydrogens is 460 g/mol. The molecule has 2 aromatic rings. The number of piperazine rings is 1. The van der Waals surface area contributed by atoms with E-state index in [1.807, 2.05) is 41.3 Å². The summed E-state index contributed by atoms with van der Waals surface area (Å²) < 4.78 is 0.910. The van der Waals surface area contributed by atoms with Crippen LogP contribution in [-0.4, -0.2) is 60.2 Å². The summed E-state index contributed by atoms with van der Waals surface area (Å²) in [6, 6.07) is 14.9. The van der Waals surface area contributed by atoms with E-state index in [0.717, 1.165) is 35.4 Å². The second kappa shape index (κ2) is 9.20. The molecule has 2 aliphatic rings. The van der Waals surface area contributed by atoms with Gasteiger partial charge in [0.15, 0.2) is 0 Å². The van der Waals surface area contributed by atoms with Crippen LogP contribution in [-0.2, 0) is 16.1 Å². The largest absolute Gasteiger partial charge is 0.366 e. The van der Waals surface area contributed by atoms with E-state index in [4.69, 9.17) is 5.73 Å². The molecule has 2 fully saturated rings. The van der Waals surface area contributed by atoms with Gasteiger partial charge in [-0.3, -0.25) is 19.3 Å². The number of hydrogen-bond acceptors (Lipinski definition) is 4. The van der Waals surface area contributed by atoms with Gasteiger partial charge in [-0.15, -0.1) is 0 Å². The Morgan fingerprint density at radius 3 is 2.35 bits per heavy atom. The summed E-state index contributed by atoms with van der Waals surface area (Å²) in [7, 11) is 0. The number of nitrogens with zero attached hydrogens (tertiary/aromatic N) is 3. The van der Waals surface area contributed by atoms with Crippen LogP contribution in [0.15, 0.2) is 53.0 Å². The normalized spacial score (nSPS) is 19.6. The number of carbonyl (C=O) groups is 3. The van der Waals surface area contributed by atoms with Crippen molar-refractivity contribution >= 4 is 39.3 Å². The summed E-state index contributed by atoms with van der Waals surface area (Å²) in [6.45, 7) is 4.03. The van der Waals surface area contributed by atoms with Crippen LogP contribution in [0.2, 0.25) is 0 Å². The van der Waals surface area contributed by atoms with E-state index >= 15 is 0 Å². The minimum atomic E-state index is -0.591. The van der Waals surface area contributed by atoms with E-state index in [0.29, 0.717) is 31.6 Å². The van der Waals surface area contributed by atoms with Gasteiger partial charge in [0.05, 0.1) is 0 Å². The second-order valence-corrected chi connectivity index (χ2v) is 8.89. The zero-order valence-corrected chi connectivity index (χ0v) is 18.8. The molecule has 0 aliphatic carbocycles. The first-order valence-electron chi connectivity index (χ1n) is 10.4. The lowest BCUT2D eigenvalue weighted by Crippen LogP contribution is -2.51. The van der Waals surface area contributed by atoms with Gasteiger partial charge in [0.1, 0.15) is 5.92 Å². The van der Waals surface area contributed by atoms with Crippen molar-refractivity contribution in [2.45, 2.75) is 13.0 Å². The van der Waals surface area contributed by atoms with Crippen LogP contribution in [0.5, 0.6) is 0 Å². The van der Waals surface area contributed by atoms with Gasteiger partial charge in [-0.25, -0.2) is 0 Å². The van der Waals surface area contributed by atoms with Crippen LogP contribution >= 0.6 is 15.9 Å². The highest BCUT2D eigenvalue weighted by molar-refractivity contribution is 9.10. The van der Waals surface area contributed by atoms with Crippen molar-refractivity contribution in [2.75, 3.05) is 37.6 Å². The van der Waals surface area contributed by atoms with Gasteiger partial charge in [-0.1, -0.05) is 34.1 Å². The maximum atomic E-state index is 13.0. The van der Waals surface area contributed by atoms with Gasteiger partial charge >= 0.3 is 0 Å². The molecule has 2 aromatic carbocycles. The van der Waals surface area contributed by atoms with E-state index < -0.39 is 11.8 Å². The molecule has 0 spiro atoms. The molecule has 1 unspecified atom stereocenters. The minimum absolute atomic E-state index is 0.0621. The molecule has 0 bridgehead atoms. The highest BCUT2D eigenvalue weighted by Crippen LogP contribution is 2.28. The lowest BCUT2D eigenvalue weighted by molar-refractivity contribution is -0.141. The summed E-state index contributed by atoms with van der Waals surface area (Å²) in [5, 5.41) is 0. The Morgan fingerprint density at radius 2 is 1.71 bits per heavy atom. The van der Waals surface area contributed by atoms with Gasteiger partial charge < -0.3 is 15.5 Å². The summed E-state index contributed by atoms with van der Waals surface area (Å²) >= 11 is 3.44. The Hall–Kier alpha value is -2.71. The second-order valence-electron chi connectivity index (χ2n) is 7.97. The third kappa shape index (κ3) is 4.80. The third-order valence-electron chi connectivity index (χ3n) is 5.95. The molecule has 3 amide bonds. The topological polar surface area (TPSA) is 87.0 Å². The minimum Gasteiger partial charge on any atom is -0.366 e. The van der Waals surface area contributed by atoms with Crippen molar-refractivity contribution < 1.29 is 14.4 Å². The lowest BCUT2D eigenvalue weighted by Gasteiger charge is -2.35. The Balaban J connectivity index is 1.31. The quantitative estimate of drug-likeness (QED) is 0.659. The molecule has 162 valence electrons.